The molecule has 0 amide bonds. The van der Waals surface area contributed by atoms with E-state index in [4.69, 9.17) is 10.7 Å². The first kappa shape index (κ1) is 15.5. The van der Waals surface area contributed by atoms with Crippen LogP contribution in [0.4, 0.5) is 0 Å². The van der Waals surface area contributed by atoms with Gasteiger partial charge in [-0.2, -0.15) is 0 Å². The largest absolute Gasteiger partial charge is 0.326 e. The average Bonchev–Trinajstić information content (AvgIpc) is 2.92. The van der Waals surface area contributed by atoms with Gasteiger partial charge in [-0.25, -0.2) is 4.98 Å². The molecule has 1 aromatic heterocycles. The second-order valence-corrected chi connectivity index (χ2v) is 5.98. The van der Waals surface area contributed by atoms with Crippen molar-refractivity contribution in [2.75, 3.05) is 0 Å². The van der Waals surface area contributed by atoms with E-state index in [-0.39, 0.29) is 6.04 Å². The van der Waals surface area contributed by atoms with Crippen molar-refractivity contribution in [3.63, 3.8) is 0 Å². The highest BCUT2D eigenvalue weighted by Crippen LogP contribution is 2.19. The Morgan fingerprint density at radius 3 is 2.57 bits per heavy atom. The van der Waals surface area contributed by atoms with E-state index in [0.29, 0.717) is 0 Å². The maximum absolute atomic E-state index is 6.18. The predicted octanol–water partition coefficient (Wildman–Crippen LogP) is 4.25. The maximum Gasteiger partial charge on any atom is 0.133 e. The monoisotopic (exact) mass is 305 g/mol. The Kier molecular flexibility index (Phi) is 4.58. The Balaban J connectivity index is 1.98. The third-order valence-corrected chi connectivity index (χ3v) is 4.13. The summed E-state index contributed by atoms with van der Waals surface area (Å²) in [6.07, 6.45) is 5.13. The summed E-state index contributed by atoms with van der Waals surface area (Å²) in [7, 11) is 0. The van der Waals surface area contributed by atoms with E-state index >= 15 is 0 Å². The number of hydrogen-bond donors (Lipinski definition) is 1. The fraction of sp³-hybridized carbons (Fsp3) is 0.250. The Labute approximate surface area is 137 Å². The lowest BCUT2D eigenvalue weighted by molar-refractivity contribution is 0.545. The molecule has 1 unspecified atom stereocenters. The number of rotatable bonds is 5. The minimum atomic E-state index is 0.138. The van der Waals surface area contributed by atoms with Gasteiger partial charge >= 0.3 is 0 Å². The van der Waals surface area contributed by atoms with E-state index in [1.165, 1.54) is 11.1 Å². The van der Waals surface area contributed by atoms with Gasteiger partial charge in [-0.15, -0.1) is 0 Å². The lowest BCUT2D eigenvalue weighted by Gasteiger charge is -2.12. The van der Waals surface area contributed by atoms with Crippen LogP contribution in [0.2, 0.25) is 0 Å². The first-order valence-electron chi connectivity index (χ1n) is 8.13. The second-order valence-electron chi connectivity index (χ2n) is 5.98. The van der Waals surface area contributed by atoms with E-state index in [9.17, 15) is 0 Å². The SMILES string of the molecule is CCC(N)Cn1c(/C=C/c2ccc(C)cc2)nc2ccccc21. The van der Waals surface area contributed by atoms with Crippen molar-refractivity contribution in [2.45, 2.75) is 32.9 Å². The van der Waals surface area contributed by atoms with Crippen LogP contribution in [0.15, 0.2) is 48.5 Å². The van der Waals surface area contributed by atoms with Crippen LogP contribution in [0, 0.1) is 6.92 Å². The number of aryl methyl sites for hydroxylation is 1. The molecule has 3 rings (SSSR count). The number of fused-ring (bicyclic) bond motifs is 1. The Bertz CT molecular complexity index is 813. The highest BCUT2D eigenvalue weighted by atomic mass is 15.1. The van der Waals surface area contributed by atoms with Crippen LogP contribution in [0.5, 0.6) is 0 Å². The summed E-state index contributed by atoms with van der Waals surface area (Å²) in [5, 5.41) is 0. The van der Waals surface area contributed by atoms with Crippen LogP contribution in [0.3, 0.4) is 0 Å². The normalized spacial score (nSPS) is 13.0. The summed E-state index contributed by atoms with van der Waals surface area (Å²) in [6, 6.07) is 16.8. The maximum atomic E-state index is 6.18. The van der Waals surface area contributed by atoms with Crippen molar-refractivity contribution in [1.82, 2.24) is 9.55 Å². The van der Waals surface area contributed by atoms with Gasteiger partial charge < -0.3 is 10.3 Å². The van der Waals surface area contributed by atoms with Crippen LogP contribution in [0.25, 0.3) is 23.2 Å². The Morgan fingerprint density at radius 1 is 1.09 bits per heavy atom. The molecule has 3 aromatic rings. The van der Waals surface area contributed by atoms with Crippen LogP contribution >= 0.6 is 0 Å². The number of para-hydroxylation sites is 2. The molecule has 3 heteroatoms. The Morgan fingerprint density at radius 2 is 1.83 bits per heavy atom. The number of nitrogens with zero attached hydrogens (tertiary/aromatic N) is 2. The van der Waals surface area contributed by atoms with Gasteiger partial charge in [0.25, 0.3) is 0 Å². The van der Waals surface area contributed by atoms with Crippen LogP contribution in [0.1, 0.15) is 30.3 Å². The fourth-order valence-corrected chi connectivity index (χ4v) is 2.63. The van der Waals surface area contributed by atoms with E-state index in [0.717, 1.165) is 29.8 Å². The topological polar surface area (TPSA) is 43.8 Å². The molecule has 0 aliphatic rings. The van der Waals surface area contributed by atoms with Crippen LogP contribution in [-0.2, 0) is 6.54 Å². The van der Waals surface area contributed by atoms with E-state index in [1.54, 1.807) is 0 Å². The van der Waals surface area contributed by atoms with Gasteiger partial charge in [-0.3, -0.25) is 0 Å². The van der Waals surface area contributed by atoms with E-state index < -0.39 is 0 Å². The number of aromatic nitrogens is 2. The van der Waals surface area contributed by atoms with Gasteiger partial charge in [0.15, 0.2) is 0 Å². The molecule has 0 aliphatic carbocycles. The lowest BCUT2D eigenvalue weighted by atomic mass is 10.1. The van der Waals surface area contributed by atoms with Gasteiger partial charge in [0.05, 0.1) is 11.0 Å². The van der Waals surface area contributed by atoms with Crippen LogP contribution < -0.4 is 5.73 Å². The molecule has 0 aliphatic heterocycles. The molecule has 0 radical (unpaired) electrons. The molecule has 0 saturated heterocycles. The molecule has 0 spiro atoms. The predicted molar refractivity (Wildman–Crippen MR) is 98.1 cm³/mol. The van der Waals surface area contributed by atoms with Crippen molar-refractivity contribution in [2.24, 2.45) is 5.73 Å². The summed E-state index contributed by atoms with van der Waals surface area (Å²) >= 11 is 0. The zero-order valence-electron chi connectivity index (χ0n) is 13.7. The minimum Gasteiger partial charge on any atom is -0.326 e. The van der Waals surface area contributed by atoms with Crippen molar-refractivity contribution < 1.29 is 0 Å². The van der Waals surface area contributed by atoms with Crippen molar-refractivity contribution in [1.29, 1.82) is 0 Å². The van der Waals surface area contributed by atoms with Crippen molar-refractivity contribution in [3.05, 3.63) is 65.5 Å². The van der Waals surface area contributed by atoms with Gasteiger partial charge in [-0.05, 0) is 37.1 Å². The molecule has 118 valence electrons. The standard InChI is InChI=1S/C20H23N3/c1-3-17(21)14-23-19-7-5-4-6-18(19)22-20(23)13-12-16-10-8-15(2)9-11-16/h4-13,17H,3,14,21H2,1-2H3/b13-12+. The van der Waals surface area contributed by atoms with Crippen molar-refractivity contribution >= 4 is 23.2 Å². The molecular formula is C20H23N3. The third kappa shape index (κ3) is 3.51. The molecule has 23 heavy (non-hydrogen) atoms. The number of benzene rings is 2. The molecule has 1 heterocycles. The van der Waals surface area contributed by atoms with Gasteiger partial charge in [-0.1, -0.05) is 55.0 Å². The summed E-state index contributed by atoms with van der Waals surface area (Å²) < 4.78 is 2.22. The van der Waals surface area contributed by atoms with Gasteiger partial charge in [0, 0.05) is 12.6 Å². The summed E-state index contributed by atoms with van der Waals surface area (Å²) in [6.45, 7) is 5.00. The second kappa shape index (κ2) is 6.80. The Hall–Kier alpha value is -2.39. The summed E-state index contributed by atoms with van der Waals surface area (Å²) in [5.74, 6) is 0.954. The van der Waals surface area contributed by atoms with Gasteiger partial charge in [0.2, 0.25) is 0 Å². The molecule has 2 aromatic carbocycles. The molecule has 0 fully saturated rings. The molecule has 0 saturated carbocycles. The molecule has 0 bridgehead atoms. The molecular weight excluding hydrogens is 282 g/mol. The smallest absolute Gasteiger partial charge is 0.133 e. The lowest BCUT2D eigenvalue weighted by Crippen LogP contribution is -2.25. The molecule has 1 atom stereocenters. The average molecular weight is 305 g/mol. The number of nitrogens with two attached hydrogens (primary N) is 1. The zero-order valence-corrected chi connectivity index (χ0v) is 13.7. The first-order chi connectivity index (χ1) is 11.2. The number of hydrogen-bond acceptors (Lipinski definition) is 2. The summed E-state index contributed by atoms with van der Waals surface area (Å²) in [4.78, 5) is 4.75. The zero-order chi connectivity index (χ0) is 16.2. The first-order valence-corrected chi connectivity index (χ1v) is 8.13. The molecule has 2 N–H and O–H groups in total. The highest BCUT2D eigenvalue weighted by Gasteiger charge is 2.10. The van der Waals surface area contributed by atoms with E-state index in [1.807, 2.05) is 18.2 Å². The quantitative estimate of drug-likeness (QED) is 0.765. The summed E-state index contributed by atoms with van der Waals surface area (Å²) in [5.41, 5.74) is 10.8. The molecule has 3 nitrogen and oxygen atoms in total. The highest BCUT2D eigenvalue weighted by molar-refractivity contribution is 5.79. The van der Waals surface area contributed by atoms with Crippen molar-refractivity contribution in [3.8, 4) is 0 Å². The number of imidazole rings is 1. The van der Waals surface area contributed by atoms with Gasteiger partial charge in [0.1, 0.15) is 5.82 Å². The van der Waals surface area contributed by atoms with E-state index in [2.05, 4.69) is 60.9 Å². The fourth-order valence-electron chi connectivity index (χ4n) is 2.63. The van der Waals surface area contributed by atoms with Crippen LogP contribution in [-0.4, -0.2) is 15.6 Å². The third-order valence-electron chi connectivity index (χ3n) is 4.13. The minimum absolute atomic E-state index is 0.138.